The quantitative estimate of drug-likeness (QED) is 0.710. The molecule has 6 nitrogen and oxygen atoms in total. The molecule has 6 heteroatoms. The van der Waals surface area contributed by atoms with Crippen molar-refractivity contribution in [3.63, 3.8) is 0 Å². The number of esters is 2. The minimum absolute atomic E-state index is 0.0776. The van der Waals surface area contributed by atoms with Gasteiger partial charge in [-0.25, -0.2) is 0 Å². The zero-order valence-corrected chi connectivity index (χ0v) is 11.5. The normalized spacial score (nSPS) is 37.5. The van der Waals surface area contributed by atoms with Crippen LogP contribution in [0.4, 0.5) is 0 Å². The number of carbonyl (C=O) groups is 2. The molecule has 0 N–H and O–H groups in total. The van der Waals surface area contributed by atoms with E-state index in [1.54, 1.807) is 0 Å². The van der Waals surface area contributed by atoms with Crippen molar-refractivity contribution in [1.82, 2.24) is 0 Å². The lowest BCUT2D eigenvalue weighted by Gasteiger charge is -2.37. The summed E-state index contributed by atoms with van der Waals surface area (Å²) in [7, 11) is 0. The van der Waals surface area contributed by atoms with E-state index < -0.39 is 6.10 Å². The van der Waals surface area contributed by atoms with Crippen LogP contribution < -0.4 is 0 Å². The van der Waals surface area contributed by atoms with Crippen molar-refractivity contribution in [2.75, 3.05) is 13.2 Å². The van der Waals surface area contributed by atoms with E-state index in [1.807, 2.05) is 0 Å². The van der Waals surface area contributed by atoms with Crippen LogP contribution in [0.2, 0.25) is 0 Å². The molecule has 19 heavy (non-hydrogen) atoms. The molecule has 2 fully saturated rings. The average molecular weight is 272 g/mol. The van der Waals surface area contributed by atoms with Gasteiger partial charge in [0.1, 0.15) is 18.8 Å². The SMILES string of the molecule is CC(=O)OC[C@H]1O[C@@H]2OC[C@H](C)[C@@H]2C[C@@H]1OC(C)=O. The van der Waals surface area contributed by atoms with Crippen LogP contribution in [-0.2, 0) is 28.5 Å². The van der Waals surface area contributed by atoms with Gasteiger partial charge in [0, 0.05) is 19.8 Å². The molecular weight excluding hydrogens is 252 g/mol. The van der Waals surface area contributed by atoms with Gasteiger partial charge < -0.3 is 18.9 Å². The molecule has 0 aliphatic carbocycles. The topological polar surface area (TPSA) is 71.1 Å². The highest BCUT2D eigenvalue weighted by atomic mass is 16.7. The lowest BCUT2D eigenvalue weighted by atomic mass is 9.87. The van der Waals surface area contributed by atoms with Crippen molar-refractivity contribution < 1.29 is 28.5 Å². The molecule has 0 radical (unpaired) electrons. The molecule has 2 saturated heterocycles. The van der Waals surface area contributed by atoms with Gasteiger partial charge in [0.15, 0.2) is 6.29 Å². The van der Waals surface area contributed by atoms with Gasteiger partial charge in [-0.15, -0.1) is 0 Å². The third kappa shape index (κ3) is 3.45. The predicted octanol–water partition coefficient (Wildman–Crippen LogP) is 0.879. The minimum Gasteiger partial charge on any atom is -0.463 e. The molecule has 0 amide bonds. The van der Waals surface area contributed by atoms with Crippen LogP contribution in [0.15, 0.2) is 0 Å². The van der Waals surface area contributed by atoms with Crippen LogP contribution in [0.3, 0.4) is 0 Å². The largest absolute Gasteiger partial charge is 0.463 e. The molecular formula is C13H20O6. The Morgan fingerprint density at radius 1 is 1.26 bits per heavy atom. The van der Waals surface area contributed by atoms with Crippen molar-refractivity contribution in [3.8, 4) is 0 Å². The average Bonchev–Trinajstić information content (AvgIpc) is 2.67. The van der Waals surface area contributed by atoms with E-state index in [0.717, 1.165) is 0 Å². The molecule has 108 valence electrons. The molecule has 0 spiro atoms. The maximum absolute atomic E-state index is 11.2. The summed E-state index contributed by atoms with van der Waals surface area (Å²) in [6.07, 6.45) is -0.457. The van der Waals surface area contributed by atoms with E-state index in [1.165, 1.54) is 13.8 Å². The summed E-state index contributed by atoms with van der Waals surface area (Å²) >= 11 is 0. The third-order valence-electron chi connectivity index (χ3n) is 3.60. The molecule has 2 heterocycles. The van der Waals surface area contributed by atoms with Crippen LogP contribution in [0.25, 0.3) is 0 Å². The second kappa shape index (κ2) is 5.88. The van der Waals surface area contributed by atoms with Gasteiger partial charge in [-0.3, -0.25) is 9.59 Å². The monoisotopic (exact) mass is 272 g/mol. The van der Waals surface area contributed by atoms with Crippen molar-refractivity contribution >= 4 is 11.9 Å². The number of hydrogen-bond donors (Lipinski definition) is 0. The van der Waals surface area contributed by atoms with E-state index in [-0.39, 0.29) is 36.9 Å². The van der Waals surface area contributed by atoms with Crippen molar-refractivity contribution in [1.29, 1.82) is 0 Å². The van der Waals surface area contributed by atoms with Gasteiger partial charge in [0.25, 0.3) is 0 Å². The Balaban J connectivity index is 2.01. The summed E-state index contributed by atoms with van der Waals surface area (Å²) in [6.45, 7) is 5.51. The first kappa shape index (κ1) is 14.3. The predicted molar refractivity (Wildman–Crippen MR) is 64.1 cm³/mol. The molecule has 2 rings (SSSR count). The van der Waals surface area contributed by atoms with Gasteiger partial charge in [-0.05, 0) is 12.3 Å². The Hall–Kier alpha value is -1.14. The van der Waals surface area contributed by atoms with Gasteiger partial charge >= 0.3 is 11.9 Å². The van der Waals surface area contributed by atoms with Crippen LogP contribution in [0, 0.1) is 11.8 Å². The summed E-state index contributed by atoms with van der Waals surface area (Å²) in [6, 6.07) is 0. The molecule has 0 unspecified atom stereocenters. The van der Waals surface area contributed by atoms with Crippen LogP contribution in [0.5, 0.6) is 0 Å². The van der Waals surface area contributed by atoms with Gasteiger partial charge in [0.2, 0.25) is 0 Å². The smallest absolute Gasteiger partial charge is 0.302 e. The number of fused-ring (bicyclic) bond motifs is 1. The molecule has 2 aliphatic rings. The Morgan fingerprint density at radius 3 is 2.63 bits per heavy atom. The molecule has 2 aliphatic heterocycles. The first-order chi connectivity index (χ1) is 8.97. The first-order valence-corrected chi connectivity index (χ1v) is 6.55. The number of carbonyl (C=O) groups excluding carboxylic acids is 2. The first-order valence-electron chi connectivity index (χ1n) is 6.55. The molecule has 5 atom stereocenters. The highest BCUT2D eigenvalue weighted by molar-refractivity contribution is 5.66. The second-order valence-corrected chi connectivity index (χ2v) is 5.20. The minimum atomic E-state index is -0.459. The van der Waals surface area contributed by atoms with Crippen molar-refractivity contribution in [3.05, 3.63) is 0 Å². The zero-order valence-electron chi connectivity index (χ0n) is 11.5. The van der Waals surface area contributed by atoms with Crippen molar-refractivity contribution in [2.45, 2.75) is 45.7 Å². The van der Waals surface area contributed by atoms with Gasteiger partial charge in [-0.2, -0.15) is 0 Å². The van der Waals surface area contributed by atoms with Gasteiger partial charge in [-0.1, -0.05) is 6.92 Å². The van der Waals surface area contributed by atoms with Crippen LogP contribution in [-0.4, -0.2) is 43.7 Å². The summed E-state index contributed by atoms with van der Waals surface area (Å²) in [5.74, 6) is -0.143. The van der Waals surface area contributed by atoms with Crippen LogP contribution >= 0.6 is 0 Å². The standard InChI is InChI=1S/C13H20O6/c1-7-5-17-13-10(7)4-11(18-9(3)15)12(19-13)6-16-8(2)14/h7,10-13H,4-6H2,1-3H3/t7-,10-,11-,12+,13-/m0/s1. The Kier molecular flexibility index (Phi) is 4.42. The fourth-order valence-electron chi connectivity index (χ4n) is 2.61. The van der Waals surface area contributed by atoms with E-state index >= 15 is 0 Å². The lowest BCUT2D eigenvalue weighted by molar-refractivity contribution is -0.236. The van der Waals surface area contributed by atoms with Gasteiger partial charge in [0.05, 0.1) is 6.61 Å². The highest BCUT2D eigenvalue weighted by Crippen LogP contribution is 2.38. The summed E-state index contributed by atoms with van der Waals surface area (Å²) in [4.78, 5) is 22.0. The third-order valence-corrected chi connectivity index (χ3v) is 3.60. The number of ether oxygens (including phenoxy) is 4. The van der Waals surface area contributed by atoms with E-state index in [9.17, 15) is 9.59 Å². The number of hydrogen-bond acceptors (Lipinski definition) is 6. The van der Waals surface area contributed by atoms with Crippen LogP contribution in [0.1, 0.15) is 27.2 Å². The lowest BCUT2D eigenvalue weighted by Crippen LogP contribution is -2.48. The number of rotatable bonds is 3. The fourth-order valence-corrected chi connectivity index (χ4v) is 2.61. The van der Waals surface area contributed by atoms with E-state index in [2.05, 4.69) is 6.92 Å². The molecule has 0 bridgehead atoms. The molecule has 0 aromatic carbocycles. The van der Waals surface area contributed by atoms with E-state index in [0.29, 0.717) is 18.9 Å². The zero-order chi connectivity index (χ0) is 14.0. The Labute approximate surface area is 112 Å². The van der Waals surface area contributed by atoms with E-state index in [4.69, 9.17) is 18.9 Å². The molecule has 0 saturated carbocycles. The summed E-state index contributed by atoms with van der Waals surface area (Å²) in [5.41, 5.74) is 0. The second-order valence-electron chi connectivity index (χ2n) is 5.20. The maximum Gasteiger partial charge on any atom is 0.302 e. The summed E-state index contributed by atoms with van der Waals surface area (Å²) in [5, 5.41) is 0. The Bertz CT molecular complexity index is 355. The fraction of sp³-hybridized carbons (Fsp3) is 0.846. The highest BCUT2D eigenvalue weighted by Gasteiger charge is 2.46. The summed E-state index contributed by atoms with van der Waals surface area (Å²) < 4.78 is 21.6. The molecule has 0 aromatic rings. The van der Waals surface area contributed by atoms with Crippen molar-refractivity contribution in [2.24, 2.45) is 11.8 Å². The maximum atomic E-state index is 11.2. The molecule has 0 aromatic heterocycles. The Morgan fingerprint density at radius 2 is 2.00 bits per heavy atom.